The zero-order chi connectivity index (χ0) is 14.8. The van der Waals surface area contributed by atoms with Crippen LogP contribution in [0.2, 0.25) is 0 Å². The Labute approximate surface area is 114 Å². The second-order valence-corrected chi connectivity index (χ2v) is 5.97. The van der Waals surface area contributed by atoms with Crippen LogP contribution < -0.4 is 10.0 Å². The number of aromatic nitrogens is 2. The molecule has 0 aliphatic carbocycles. The summed E-state index contributed by atoms with van der Waals surface area (Å²) in [6.45, 7) is 0.561. The van der Waals surface area contributed by atoms with Gasteiger partial charge in [0.05, 0.1) is 22.2 Å². The molecule has 20 heavy (non-hydrogen) atoms. The number of benzene rings is 1. The highest BCUT2D eigenvalue weighted by Gasteiger charge is 2.09. The lowest BCUT2D eigenvalue weighted by Gasteiger charge is -2.02. The molecule has 0 saturated carbocycles. The molecular formula is C10H13N5O4S. The van der Waals surface area contributed by atoms with E-state index in [1.807, 2.05) is 0 Å². The van der Waals surface area contributed by atoms with Crippen LogP contribution in [0.25, 0.3) is 11.0 Å². The second kappa shape index (κ2) is 5.43. The molecule has 0 aliphatic rings. The van der Waals surface area contributed by atoms with Gasteiger partial charge in [-0.15, -0.1) is 0 Å². The molecule has 1 heterocycles. The molecule has 0 atom stereocenters. The van der Waals surface area contributed by atoms with Crippen molar-refractivity contribution in [3.8, 4) is 0 Å². The number of non-ortho nitro benzene ring substituents is 1. The standard InChI is InChI=1S/C10H13N5O4S/c1-20(18,19)12-5-4-11-10-13-8-3-2-7(15(16)17)6-9(8)14-10/h2-3,6,12H,4-5H2,1H3,(H2,11,13,14). The Hall–Kier alpha value is -2.20. The number of anilines is 1. The van der Waals surface area contributed by atoms with Gasteiger partial charge in [-0.25, -0.2) is 18.1 Å². The maximum atomic E-state index is 10.9. The van der Waals surface area contributed by atoms with E-state index in [2.05, 4.69) is 20.0 Å². The van der Waals surface area contributed by atoms with Crippen LogP contribution in [0.1, 0.15) is 0 Å². The minimum Gasteiger partial charge on any atom is -0.354 e. The molecule has 1 aromatic heterocycles. The first-order chi connectivity index (χ1) is 9.35. The first kappa shape index (κ1) is 14.2. The minimum atomic E-state index is -3.21. The van der Waals surface area contributed by atoms with E-state index in [1.54, 1.807) is 6.07 Å². The highest BCUT2D eigenvalue weighted by molar-refractivity contribution is 7.88. The summed E-state index contributed by atoms with van der Waals surface area (Å²) in [7, 11) is -3.21. The van der Waals surface area contributed by atoms with Gasteiger partial charge in [-0.3, -0.25) is 10.1 Å². The number of hydrogen-bond donors (Lipinski definition) is 3. The Kier molecular flexibility index (Phi) is 3.86. The molecule has 9 nitrogen and oxygen atoms in total. The highest BCUT2D eigenvalue weighted by Crippen LogP contribution is 2.20. The number of H-pyrrole nitrogens is 1. The number of rotatable bonds is 6. The summed E-state index contributed by atoms with van der Waals surface area (Å²) in [6, 6.07) is 4.31. The summed E-state index contributed by atoms with van der Waals surface area (Å²) in [5.41, 5.74) is 1.11. The van der Waals surface area contributed by atoms with Gasteiger partial charge in [-0.2, -0.15) is 0 Å². The Morgan fingerprint density at radius 2 is 2.15 bits per heavy atom. The lowest BCUT2D eigenvalue weighted by atomic mass is 10.3. The molecule has 108 valence electrons. The summed E-state index contributed by atoms with van der Waals surface area (Å²) in [4.78, 5) is 17.2. The van der Waals surface area contributed by atoms with E-state index in [4.69, 9.17) is 0 Å². The SMILES string of the molecule is CS(=O)(=O)NCCNc1nc2ccc([N+](=O)[O-])cc2[nH]1. The predicted octanol–water partition coefficient (Wildman–Crippen LogP) is 0.432. The molecule has 0 saturated heterocycles. The van der Waals surface area contributed by atoms with Crippen molar-refractivity contribution < 1.29 is 13.3 Å². The average Bonchev–Trinajstić information content (AvgIpc) is 2.75. The van der Waals surface area contributed by atoms with E-state index >= 15 is 0 Å². The Morgan fingerprint density at radius 1 is 1.40 bits per heavy atom. The number of nitro groups is 1. The third kappa shape index (κ3) is 3.65. The van der Waals surface area contributed by atoms with Gasteiger partial charge in [0.2, 0.25) is 16.0 Å². The van der Waals surface area contributed by atoms with Crippen LogP contribution in [-0.4, -0.2) is 42.7 Å². The van der Waals surface area contributed by atoms with Crippen LogP contribution in [0.4, 0.5) is 11.6 Å². The summed E-state index contributed by atoms with van der Waals surface area (Å²) < 4.78 is 24.0. The van der Waals surface area contributed by atoms with E-state index in [-0.39, 0.29) is 12.2 Å². The number of nitrogens with one attached hydrogen (secondary N) is 3. The molecule has 0 amide bonds. The molecule has 0 aliphatic heterocycles. The van der Waals surface area contributed by atoms with E-state index in [0.717, 1.165) is 6.26 Å². The van der Waals surface area contributed by atoms with Gasteiger partial charge in [-0.05, 0) is 6.07 Å². The highest BCUT2D eigenvalue weighted by atomic mass is 32.2. The Bertz CT molecular complexity index is 739. The zero-order valence-corrected chi connectivity index (χ0v) is 11.4. The van der Waals surface area contributed by atoms with Gasteiger partial charge in [0.15, 0.2) is 0 Å². The molecule has 0 unspecified atom stereocenters. The van der Waals surface area contributed by atoms with Crippen LogP contribution in [-0.2, 0) is 10.0 Å². The molecule has 2 aromatic rings. The minimum absolute atomic E-state index is 0.0218. The Morgan fingerprint density at radius 3 is 2.80 bits per heavy atom. The van der Waals surface area contributed by atoms with Crippen molar-refractivity contribution in [1.82, 2.24) is 14.7 Å². The molecule has 3 N–H and O–H groups in total. The Balaban J connectivity index is 2.03. The van der Waals surface area contributed by atoms with E-state index in [1.165, 1.54) is 12.1 Å². The van der Waals surface area contributed by atoms with Crippen LogP contribution in [0, 0.1) is 10.1 Å². The van der Waals surface area contributed by atoms with Crippen molar-refractivity contribution in [3.63, 3.8) is 0 Å². The van der Waals surface area contributed by atoms with E-state index in [0.29, 0.717) is 23.5 Å². The van der Waals surface area contributed by atoms with Gasteiger partial charge in [0, 0.05) is 25.2 Å². The third-order valence-corrected chi connectivity index (χ3v) is 3.19. The van der Waals surface area contributed by atoms with Crippen molar-refractivity contribution in [2.45, 2.75) is 0 Å². The van der Waals surface area contributed by atoms with Gasteiger partial charge in [0.1, 0.15) is 0 Å². The number of sulfonamides is 1. The van der Waals surface area contributed by atoms with Crippen molar-refractivity contribution in [3.05, 3.63) is 28.3 Å². The predicted molar refractivity (Wildman–Crippen MR) is 74.1 cm³/mol. The summed E-state index contributed by atoms with van der Waals surface area (Å²) in [5, 5.41) is 13.5. The topological polar surface area (TPSA) is 130 Å². The monoisotopic (exact) mass is 299 g/mol. The van der Waals surface area contributed by atoms with Crippen molar-refractivity contribution >= 4 is 32.7 Å². The lowest BCUT2D eigenvalue weighted by molar-refractivity contribution is -0.384. The van der Waals surface area contributed by atoms with Gasteiger partial charge < -0.3 is 10.3 Å². The van der Waals surface area contributed by atoms with Crippen LogP contribution >= 0.6 is 0 Å². The maximum absolute atomic E-state index is 10.9. The van der Waals surface area contributed by atoms with Crippen molar-refractivity contribution in [2.24, 2.45) is 0 Å². The molecule has 0 spiro atoms. The number of fused-ring (bicyclic) bond motifs is 1. The van der Waals surface area contributed by atoms with Gasteiger partial charge >= 0.3 is 0 Å². The van der Waals surface area contributed by atoms with E-state index < -0.39 is 14.9 Å². The molecular weight excluding hydrogens is 286 g/mol. The van der Waals surface area contributed by atoms with Crippen LogP contribution in [0.15, 0.2) is 18.2 Å². The number of aromatic amines is 1. The lowest BCUT2D eigenvalue weighted by Crippen LogP contribution is -2.27. The zero-order valence-electron chi connectivity index (χ0n) is 10.6. The molecule has 0 bridgehead atoms. The van der Waals surface area contributed by atoms with Crippen LogP contribution in [0.3, 0.4) is 0 Å². The first-order valence-electron chi connectivity index (χ1n) is 5.68. The summed E-state index contributed by atoms with van der Waals surface area (Å²) >= 11 is 0. The van der Waals surface area contributed by atoms with E-state index in [9.17, 15) is 18.5 Å². The number of nitrogens with zero attached hydrogens (tertiary/aromatic N) is 2. The average molecular weight is 299 g/mol. The molecule has 2 rings (SSSR count). The first-order valence-corrected chi connectivity index (χ1v) is 7.57. The second-order valence-electron chi connectivity index (χ2n) is 4.14. The summed E-state index contributed by atoms with van der Waals surface area (Å²) in [6.07, 6.45) is 1.08. The maximum Gasteiger partial charge on any atom is 0.271 e. The largest absolute Gasteiger partial charge is 0.354 e. The smallest absolute Gasteiger partial charge is 0.271 e. The molecule has 10 heteroatoms. The fourth-order valence-corrected chi connectivity index (χ4v) is 2.09. The van der Waals surface area contributed by atoms with Gasteiger partial charge in [-0.1, -0.05) is 0 Å². The summed E-state index contributed by atoms with van der Waals surface area (Å²) in [5.74, 6) is 0.427. The third-order valence-electron chi connectivity index (χ3n) is 2.46. The van der Waals surface area contributed by atoms with Gasteiger partial charge in [0.25, 0.3) is 5.69 Å². The number of nitro benzene ring substituents is 1. The fraction of sp³-hybridized carbons (Fsp3) is 0.300. The molecule has 1 aromatic carbocycles. The number of imidazole rings is 1. The fourth-order valence-electron chi connectivity index (χ4n) is 1.61. The normalized spacial score (nSPS) is 11.7. The van der Waals surface area contributed by atoms with Crippen molar-refractivity contribution in [1.29, 1.82) is 0 Å². The quantitative estimate of drug-likeness (QED) is 0.403. The molecule has 0 radical (unpaired) electrons. The van der Waals surface area contributed by atoms with Crippen LogP contribution in [0.5, 0.6) is 0 Å². The number of hydrogen-bond acceptors (Lipinski definition) is 6. The van der Waals surface area contributed by atoms with Crippen molar-refractivity contribution in [2.75, 3.05) is 24.7 Å². The molecule has 0 fully saturated rings.